The zero-order valence-corrected chi connectivity index (χ0v) is 14.3. The predicted octanol–water partition coefficient (Wildman–Crippen LogP) is 6.39. The number of imidazole rings is 1. The maximum absolute atomic E-state index is 6.06. The number of furan rings is 2. The highest BCUT2D eigenvalue weighted by molar-refractivity contribution is 6.12. The Kier molecular flexibility index (Phi) is 2.85. The Labute approximate surface area is 154 Å². The highest BCUT2D eigenvalue weighted by atomic mass is 16.3. The number of nitrogens with one attached hydrogen (secondary N) is 1. The number of aromatic nitrogens is 2. The quantitative estimate of drug-likeness (QED) is 0.394. The van der Waals surface area contributed by atoms with Crippen molar-refractivity contribution in [3.63, 3.8) is 0 Å². The van der Waals surface area contributed by atoms with Crippen LogP contribution >= 0.6 is 0 Å². The maximum atomic E-state index is 6.06. The number of hydrogen-bond acceptors (Lipinski definition) is 3. The van der Waals surface area contributed by atoms with Gasteiger partial charge >= 0.3 is 0 Å². The summed E-state index contributed by atoms with van der Waals surface area (Å²) in [5.74, 6) is 0.772. The molecule has 0 bridgehead atoms. The zero-order chi connectivity index (χ0) is 17.8. The van der Waals surface area contributed by atoms with Gasteiger partial charge < -0.3 is 13.8 Å². The van der Waals surface area contributed by atoms with Crippen molar-refractivity contribution < 1.29 is 8.83 Å². The van der Waals surface area contributed by atoms with Gasteiger partial charge in [-0.25, -0.2) is 4.98 Å². The highest BCUT2D eigenvalue weighted by Gasteiger charge is 2.19. The van der Waals surface area contributed by atoms with Crippen molar-refractivity contribution in [3.8, 4) is 22.7 Å². The van der Waals surface area contributed by atoms with Crippen molar-refractivity contribution in [2.75, 3.05) is 0 Å². The molecular formula is C23H14N2O2. The lowest BCUT2D eigenvalue weighted by atomic mass is 10.0. The van der Waals surface area contributed by atoms with Gasteiger partial charge in [0.1, 0.15) is 28.1 Å². The molecule has 0 aliphatic heterocycles. The second-order valence-corrected chi connectivity index (χ2v) is 6.55. The Morgan fingerprint density at radius 2 is 1.56 bits per heavy atom. The van der Waals surface area contributed by atoms with E-state index in [-0.39, 0.29) is 0 Å². The number of fused-ring (bicyclic) bond motifs is 4. The fourth-order valence-corrected chi connectivity index (χ4v) is 3.76. The summed E-state index contributed by atoms with van der Waals surface area (Å²) < 4.78 is 12.1. The SMILES string of the molecule is c1ccc2oc(-c3[nH]cnc3-c3cccc4oc5ccccc5c34)cc2c1. The van der Waals surface area contributed by atoms with Crippen molar-refractivity contribution in [1.82, 2.24) is 9.97 Å². The second kappa shape index (κ2) is 5.35. The molecule has 0 saturated carbocycles. The summed E-state index contributed by atoms with van der Waals surface area (Å²) in [4.78, 5) is 7.86. The molecule has 0 fully saturated rings. The molecule has 27 heavy (non-hydrogen) atoms. The average Bonchev–Trinajstić information content (AvgIpc) is 3.42. The van der Waals surface area contributed by atoms with Crippen LogP contribution in [0.2, 0.25) is 0 Å². The van der Waals surface area contributed by atoms with Gasteiger partial charge in [-0.15, -0.1) is 0 Å². The summed E-state index contributed by atoms with van der Waals surface area (Å²) in [5.41, 5.74) is 5.33. The minimum Gasteiger partial charge on any atom is -0.456 e. The lowest BCUT2D eigenvalue weighted by Gasteiger charge is -2.03. The van der Waals surface area contributed by atoms with Crippen LogP contribution in [0.4, 0.5) is 0 Å². The number of para-hydroxylation sites is 2. The average molecular weight is 350 g/mol. The zero-order valence-electron chi connectivity index (χ0n) is 14.3. The van der Waals surface area contributed by atoms with Crippen LogP contribution in [0.25, 0.3) is 55.6 Å². The molecule has 4 nitrogen and oxygen atoms in total. The highest BCUT2D eigenvalue weighted by Crippen LogP contribution is 2.39. The molecule has 6 aromatic rings. The van der Waals surface area contributed by atoms with Gasteiger partial charge in [-0.3, -0.25) is 0 Å². The third kappa shape index (κ3) is 2.07. The van der Waals surface area contributed by atoms with Crippen LogP contribution in [0, 0.1) is 0 Å². The Morgan fingerprint density at radius 3 is 2.48 bits per heavy atom. The molecule has 1 N–H and O–H groups in total. The van der Waals surface area contributed by atoms with Gasteiger partial charge in [0, 0.05) is 21.7 Å². The number of H-pyrrole nitrogens is 1. The normalized spacial score (nSPS) is 11.7. The van der Waals surface area contributed by atoms with Gasteiger partial charge in [0.25, 0.3) is 0 Å². The van der Waals surface area contributed by atoms with Gasteiger partial charge in [-0.1, -0.05) is 48.5 Å². The first-order valence-corrected chi connectivity index (χ1v) is 8.81. The Morgan fingerprint density at radius 1 is 0.741 bits per heavy atom. The molecule has 6 rings (SSSR count). The summed E-state index contributed by atoms with van der Waals surface area (Å²) in [7, 11) is 0. The van der Waals surface area contributed by atoms with Crippen molar-refractivity contribution >= 4 is 32.9 Å². The van der Waals surface area contributed by atoms with E-state index in [1.807, 2.05) is 60.7 Å². The van der Waals surface area contributed by atoms with Gasteiger partial charge in [0.2, 0.25) is 0 Å². The first kappa shape index (κ1) is 14.4. The minimum absolute atomic E-state index is 0.772. The molecule has 0 amide bonds. The molecule has 0 unspecified atom stereocenters. The lowest BCUT2D eigenvalue weighted by molar-refractivity contribution is 0.629. The standard InChI is InChI=1S/C23H14N2O2/c1-3-9-17-14(6-1)12-20(26-17)23-22(24-13-25-23)16-8-5-11-19-21(16)15-7-2-4-10-18(15)27-19/h1-13H,(H,24,25). The summed E-state index contributed by atoms with van der Waals surface area (Å²) in [5, 5.41) is 3.22. The first-order chi connectivity index (χ1) is 13.4. The van der Waals surface area contributed by atoms with Crippen LogP contribution in [0.5, 0.6) is 0 Å². The molecule has 3 aromatic carbocycles. The van der Waals surface area contributed by atoms with Crippen molar-refractivity contribution in [2.24, 2.45) is 0 Å². The summed E-state index contributed by atoms with van der Waals surface area (Å²) in [6, 6.07) is 24.2. The number of aromatic amines is 1. The van der Waals surface area contributed by atoms with Crippen LogP contribution in [0.3, 0.4) is 0 Å². The van der Waals surface area contributed by atoms with E-state index in [2.05, 4.69) is 22.1 Å². The van der Waals surface area contributed by atoms with Crippen LogP contribution in [0.1, 0.15) is 0 Å². The Bertz CT molecular complexity index is 1400. The van der Waals surface area contributed by atoms with Gasteiger partial charge in [-0.05, 0) is 24.3 Å². The topological polar surface area (TPSA) is 55.0 Å². The largest absolute Gasteiger partial charge is 0.456 e. The molecule has 0 atom stereocenters. The summed E-state index contributed by atoms with van der Waals surface area (Å²) >= 11 is 0. The molecule has 0 saturated heterocycles. The fraction of sp³-hybridized carbons (Fsp3) is 0. The van der Waals surface area contributed by atoms with Gasteiger partial charge in [-0.2, -0.15) is 0 Å². The van der Waals surface area contributed by atoms with Crippen LogP contribution in [0.15, 0.2) is 88.0 Å². The first-order valence-electron chi connectivity index (χ1n) is 8.81. The van der Waals surface area contributed by atoms with Gasteiger partial charge in [0.15, 0.2) is 5.76 Å². The van der Waals surface area contributed by atoms with E-state index in [1.54, 1.807) is 6.33 Å². The van der Waals surface area contributed by atoms with Crippen molar-refractivity contribution in [2.45, 2.75) is 0 Å². The molecule has 3 heterocycles. The van der Waals surface area contributed by atoms with Crippen LogP contribution < -0.4 is 0 Å². The number of nitrogens with zero attached hydrogens (tertiary/aromatic N) is 1. The van der Waals surface area contributed by atoms with Crippen LogP contribution in [-0.2, 0) is 0 Å². The molecular weight excluding hydrogens is 336 g/mol. The molecule has 0 radical (unpaired) electrons. The van der Waals surface area contributed by atoms with E-state index >= 15 is 0 Å². The van der Waals surface area contributed by atoms with Gasteiger partial charge in [0.05, 0.1) is 6.33 Å². The molecule has 0 aliphatic carbocycles. The Balaban J connectivity index is 1.64. The van der Waals surface area contributed by atoms with E-state index in [0.717, 1.165) is 55.6 Å². The number of hydrogen-bond donors (Lipinski definition) is 1. The third-order valence-corrected chi connectivity index (χ3v) is 4.97. The predicted molar refractivity (Wildman–Crippen MR) is 107 cm³/mol. The lowest BCUT2D eigenvalue weighted by Crippen LogP contribution is -1.83. The molecule has 128 valence electrons. The summed E-state index contributed by atoms with van der Waals surface area (Å²) in [6.45, 7) is 0. The van der Waals surface area contributed by atoms with E-state index in [4.69, 9.17) is 8.83 Å². The fourth-order valence-electron chi connectivity index (χ4n) is 3.76. The minimum atomic E-state index is 0.772. The smallest absolute Gasteiger partial charge is 0.153 e. The molecule has 0 spiro atoms. The monoisotopic (exact) mass is 350 g/mol. The summed E-state index contributed by atoms with van der Waals surface area (Å²) in [6.07, 6.45) is 1.71. The van der Waals surface area contributed by atoms with E-state index < -0.39 is 0 Å². The number of benzene rings is 3. The Hall–Kier alpha value is -3.79. The second-order valence-electron chi connectivity index (χ2n) is 6.55. The molecule has 4 heteroatoms. The van der Waals surface area contributed by atoms with E-state index in [9.17, 15) is 0 Å². The van der Waals surface area contributed by atoms with Crippen LogP contribution in [-0.4, -0.2) is 9.97 Å². The van der Waals surface area contributed by atoms with E-state index in [0.29, 0.717) is 0 Å². The van der Waals surface area contributed by atoms with E-state index in [1.165, 1.54) is 0 Å². The molecule has 3 aromatic heterocycles. The third-order valence-electron chi connectivity index (χ3n) is 4.97. The number of rotatable bonds is 2. The maximum Gasteiger partial charge on any atom is 0.153 e. The van der Waals surface area contributed by atoms with Crippen molar-refractivity contribution in [1.29, 1.82) is 0 Å². The molecule has 0 aliphatic rings. The van der Waals surface area contributed by atoms with Crippen molar-refractivity contribution in [3.05, 3.63) is 79.1 Å².